The summed E-state index contributed by atoms with van der Waals surface area (Å²) in [5.74, 6) is -2.06. The third-order valence-corrected chi connectivity index (χ3v) is 10.3. The molecule has 13 heteroatoms. The molecule has 48 heavy (non-hydrogen) atoms. The Morgan fingerprint density at radius 1 is 1.02 bits per heavy atom. The molecule has 5 rings (SSSR count). The molecular weight excluding hydrogens is 619 g/mol. The summed E-state index contributed by atoms with van der Waals surface area (Å²) < 4.78 is 26.1. The maximum atomic E-state index is 15.8. The van der Waals surface area contributed by atoms with Crippen molar-refractivity contribution < 1.29 is 32.9 Å². The monoisotopic (exact) mass is 668 g/mol. The lowest BCUT2D eigenvalue weighted by Gasteiger charge is -2.36. The molecule has 1 aliphatic carbocycles. The Morgan fingerprint density at radius 3 is 2.40 bits per heavy atom. The van der Waals surface area contributed by atoms with Crippen LogP contribution in [-0.2, 0) is 32.0 Å². The SMILES string of the molecule is CCc1nonc1C(=O)N[C@H](C(=O)Cc1ccc([C@H](C)[C@@H](NC(=O)[C@@H]2CCCO2)C(=O)N2CCN(C)CC2)cc1F)C1CCC(C)CC1. The molecule has 4 atom stereocenters. The van der Waals surface area contributed by atoms with E-state index in [4.69, 9.17) is 9.37 Å². The Hall–Kier alpha value is -3.71. The molecule has 2 aromatic rings. The molecule has 0 bridgehead atoms. The summed E-state index contributed by atoms with van der Waals surface area (Å²) in [5.41, 5.74) is 1.18. The van der Waals surface area contributed by atoms with Crippen LogP contribution < -0.4 is 10.6 Å². The lowest BCUT2D eigenvalue weighted by Crippen LogP contribution is -2.56. The van der Waals surface area contributed by atoms with E-state index in [-0.39, 0.29) is 41.2 Å². The molecule has 3 fully saturated rings. The number of amides is 3. The molecule has 1 aromatic carbocycles. The summed E-state index contributed by atoms with van der Waals surface area (Å²) in [5, 5.41) is 13.3. The molecule has 2 saturated heterocycles. The number of aromatic nitrogens is 2. The van der Waals surface area contributed by atoms with Crippen molar-refractivity contribution in [3.63, 3.8) is 0 Å². The molecule has 1 aromatic heterocycles. The van der Waals surface area contributed by atoms with Gasteiger partial charge in [0.05, 0.1) is 6.04 Å². The van der Waals surface area contributed by atoms with Crippen molar-refractivity contribution in [3.05, 3.63) is 46.5 Å². The van der Waals surface area contributed by atoms with Crippen LogP contribution in [0.15, 0.2) is 22.8 Å². The Labute approximate surface area is 281 Å². The first kappa shape index (κ1) is 35.6. The number of ketones is 1. The first-order chi connectivity index (χ1) is 23.0. The van der Waals surface area contributed by atoms with Gasteiger partial charge in [-0.05, 0) is 73.3 Å². The average molecular weight is 669 g/mol. The van der Waals surface area contributed by atoms with Crippen LogP contribution in [0.3, 0.4) is 0 Å². The van der Waals surface area contributed by atoms with Crippen LogP contribution in [-0.4, -0.2) is 102 Å². The van der Waals surface area contributed by atoms with Crippen LogP contribution in [0.4, 0.5) is 4.39 Å². The van der Waals surface area contributed by atoms with Gasteiger partial charge in [-0.1, -0.05) is 50.9 Å². The highest BCUT2D eigenvalue weighted by atomic mass is 19.1. The van der Waals surface area contributed by atoms with Crippen molar-refractivity contribution in [2.45, 2.75) is 96.2 Å². The lowest BCUT2D eigenvalue weighted by molar-refractivity contribution is -0.140. The number of rotatable bonds is 12. The van der Waals surface area contributed by atoms with Gasteiger partial charge in [0, 0.05) is 45.1 Å². The minimum absolute atomic E-state index is 0.0521. The number of hydrogen-bond acceptors (Lipinski definition) is 9. The summed E-state index contributed by atoms with van der Waals surface area (Å²) in [6, 6.07) is 2.90. The summed E-state index contributed by atoms with van der Waals surface area (Å²) in [6.07, 6.45) is 4.41. The van der Waals surface area contributed by atoms with Crippen molar-refractivity contribution in [2.24, 2.45) is 11.8 Å². The number of nitrogens with one attached hydrogen (secondary N) is 2. The molecule has 0 radical (unpaired) electrons. The van der Waals surface area contributed by atoms with Crippen molar-refractivity contribution in [3.8, 4) is 0 Å². The first-order valence-electron chi connectivity index (χ1n) is 17.4. The van der Waals surface area contributed by atoms with E-state index in [1.807, 2.05) is 14.0 Å². The Bertz CT molecular complexity index is 1440. The normalized spacial score (nSPS) is 23.7. The number of piperazine rings is 1. The minimum Gasteiger partial charge on any atom is -0.368 e. The molecule has 0 unspecified atom stereocenters. The second-order valence-corrected chi connectivity index (χ2v) is 13.8. The Morgan fingerprint density at radius 2 is 1.75 bits per heavy atom. The number of hydrogen-bond donors (Lipinski definition) is 2. The van der Waals surface area contributed by atoms with Gasteiger partial charge in [-0.25, -0.2) is 9.02 Å². The lowest BCUT2D eigenvalue weighted by atomic mass is 9.77. The number of nitrogens with zero attached hydrogens (tertiary/aromatic N) is 4. The molecule has 2 aliphatic heterocycles. The fourth-order valence-electron chi connectivity index (χ4n) is 7.04. The van der Waals surface area contributed by atoms with Gasteiger partial charge in [0.1, 0.15) is 23.7 Å². The van der Waals surface area contributed by atoms with Crippen LogP contribution in [0.2, 0.25) is 0 Å². The molecule has 0 spiro atoms. The van der Waals surface area contributed by atoms with E-state index in [0.29, 0.717) is 49.7 Å². The third-order valence-electron chi connectivity index (χ3n) is 10.3. The highest BCUT2D eigenvalue weighted by Gasteiger charge is 2.37. The van der Waals surface area contributed by atoms with Crippen LogP contribution in [0.1, 0.15) is 92.5 Å². The zero-order chi connectivity index (χ0) is 34.4. The van der Waals surface area contributed by atoms with E-state index < -0.39 is 35.8 Å². The number of carbonyl (C=O) groups excluding carboxylic acids is 4. The molecule has 3 amide bonds. The quantitative estimate of drug-likeness (QED) is 0.348. The molecular formula is C35H49FN6O6. The predicted molar refractivity (Wildman–Crippen MR) is 175 cm³/mol. The molecule has 12 nitrogen and oxygen atoms in total. The number of aryl methyl sites for hydroxylation is 1. The standard InChI is InChI=1S/C35H49FN6O6/c1-5-27-32(40-48-39-27)34(45)38-31(23-10-8-21(2)9-11-23)28(43)20-25-13-12-24(19-26(25)36)22(3)30(37-33(44)29-7-6-18-47-29)35(46)42-16-14-41(4)15-17-42/h12-13,19,21-23,29-31H,5-11,14-18,20H2,1-4H3,(H,37,44)(H,38,45)/t21?,22-,23?,29-,30+,31-/m0/s1. The van der Waals surface area contributed by atoms with Crippen molar-refractivity contribution >= 4 is 23.5 Å². The second-order valence-electron chi connectivity index (χ2n) is 13.8. The van der Waals surface area contributed by atoms with E-state index in [9.17, 15) is 19.2 Å². The summed E-state index contributed by atoms with van der Waals surface area (Å²) in [4.78, 5) is 57.8. The van der Waals surface area contributed by atoms with Crippen molar-refractivity contribution in [2.75, 3.05) is 39.8 Å². The van der Waals surface area contributed by atoms with Crippen molar-refractivity contribution in [1.29, 1.82) is 0 Å². The van der Waals surface area contributed by atoms with Crippen LogP contribution >= 0.6 is 0 Å². The number of ether oxygens (including phenoxy) is 1. The minimum atomic E-state index is -0.913. The predicted octanol–water partition coefficient (Wildman–Crippen LogP) is 3.05. The largest absolute Gasteiger partial charge is 0.368 e. The molecule has 1 saturated carbocycles. The van der Waals surface area contributed by atoms with E-state index in [1.165, 1.54) is 6.07 Å². The maximum Gasteiger partial charge on any atom is 0.276 e. The van der Waals surface area contributed by atoms with E-state index in [2.05, 4.69) is 32.8 Å². The number of carbonyl (C=O) groups is 4. The zero-order valence-corrected chi connectivity index (χ0v) is 28.5. The fraction of sp³-hybridized carbons (Fsp3) is 0.657. The smallest absolute Gasteiger partial charge is 0.276 e. The molecule has 2 N–H and O–H groups in total. The molecule has 3 heterocycles. The van der Waals surface area contributed by atoms with E-state index in [0.717, 1.165) is 45.2 Å². The van der Waals surface area contributed by atoms with Crippen LogP contribution in [0.5, 0.6) is 0 Å². The highest BCUT2D eigenvalue weighted by Crippen LogP contribution is 2.32. The van der Waals surface area contributed by atoms with Gasteiger partial charge in [0.15, 0.2) is 11.5 Å². The van der Waals surface area contributed by atoms with Crippen LogP contribution in [0.25, 0.3) is 0 Å². The number of halogens is 1. The average Bonchev–Trinajstić information content (AvgIpc) is 3.80. The Balaban J connectivity index is 1.33. The summed E-state index contributed by atoms with van der Waals surface area (Å²) in [7, 11) is 2.00. The maximum absolute atomic E-state index is 15.8. The van der Waals surface area contributed by atoms with Crippen molar-refractivity contribution in [1.82, 2.24) is 30.7 Å². The van der Waals surface area contributed by atoms with Crippen LogP contribution in [0, 0.1) is 17.7 Å². The van der Waals surface area contributed by atoms with Gasteiger partial charge in [-0.15, -0.1) is 0 Å². The van der Waals surface area contributed by atoms with Gasteiger partial charge >= 0.3 is 0 Å². The highest BCUT2D eigenvalue weighted by molar-refractivity contribution is 5.97. The molecule has 262 valence electrons. The third kappa shape index (κ3) is 8.46. The van der Waals surface area contributed by atoms with E-state index in [1.54, 1.807) is 24.0 Å². The summed E-state index contributed by atoms with van der Waals surface area (Å²) >= 11 is 0. The fourth-order valence-corrected chi connectivity index (χ4v) is 7.04. The number of benzene rings is 1. The zero-order valence-electron chi connectivity index (χ0n) is 28.5. The summed E-state index contributed by atoms with van der Waals surface area (Å²) in [6.45, 7) is 8.82. The molecule has 3 aliphatic rings. The topological polar surface area (TPSA) is 147 Å². The van der Waals surface area contributed by atoms with Gasteiger partial charge in [-0.2, -0.15) is 0 Å². The van der Waals surface area contributed by atoms with Gasteiger partial charge < -0.3 is 25.2 Å². The second kappa shape index (κ2) is 16.1. The van der Waals surface area contributed by atoms with Gasteiger partial charge in [0.2, 0.25) is 11.8 Å². The number of Topliss-reactive ketones (excluding diaryl/α,β-unsaturated/α-hetero) is 1. The Kier molecular flexibility index (Phi) is 12.0. The number of likely N-dealkylation sites (N-methyl/N-ethyl adjacent to an activating group) is 1. The van der Waals surface area contributed by atoms with Gasteiger partial charge in [-0.3, -0.25) is 19.2 Å². The van der Waals surface area contributed by atoms with E-state index >= 15 is 4.39 Å². The first-order valence-corrected chi connectivity index (χ1v) is 17.4. The van der Waals surface area contributed by atoms with Gasteiger partial charge in [0.25, 0.3) is 5.91 Å².